The van der Waals surface area contributed by atoms with Gasteiger partial charge in [-0.15, -0.1) is 0 Å². The van der Waals surface area contributed by atoms with E-state index in [1.807, 2.05) is 0 Å². The van der Waals surface area contributed by atoms with E-state index in [0.29, 0.717) is 6.04 Å². The van der Waals surface area contributed by atoms with Crippen LogP contribution in [0.5, 0.6) is 0 Å². The van der Waals surface area contributed by atoms with Gasteiger partial charge in [0.25, 0.3) is 0 Å². The molecule has 1 heterocycles. The van der Waals surface area contributed by atoms with Gasteiger partial charge in [-0.05, 0) is 44.7 Å². The Balaban J connectivity index is 1.75. The van der Waals surface area contributed by atoms with Crippen LogP contribution in [0.1, 0.15) is 38.5 Å². The van der Waals surface area contributed by atoms with Crippen molar-refractivity contribution in [3.8, 4) is 0 Å². The van der Waals surface area contributed by atoms with E-state index in [1.54, 1.807) is 0 Å². The maximum absolute atomic E-state index is 6.07. The van der Waals surface area contributed by atoms with Crippen LogP contribution in [0.2, 0.25) is 0 Å². The highest BCUT2D eigenvalue weighted by molar-refractivity contribution is 4.83. The lowest BCUT2D eigenvalue weighted by atomic mass is 10.0. The summed E-state index contributed by atoms with van der Waals surface area (Å²) < 4.78 is 0. The van der Waals surface area contributed by atoms with Crippen LogP contribution < -0.4 is 5.73 Å². The van der Waals surface area contributed by atoms with Crippen molar-refractivity contribution < 1.29 is 0 Å². The van der Waals surface area contributed by atoms with Crippen molar-refractivity contribution in [2.75, 3.05) is 19.6 Å². The van der Waals surface area contributed by atoms with E-state index in [0.717, 1.165) is 5.92 Å². The highest BCUT2D eigenvalue weighted by Crippen LogP contribution is 2.25. The first-order valence-electron chi connectivity index (χ1n) is 5.84. The summed E-state index contributed by atoms with van der Waals surface area (Å²) in [5.74, 6) is 0.804. The van der Waals surface area contributed by atoms with Crippen LogP contribution in [0.3, 0.4) is 0 Å². The van der Waals surface area contributed by atoms with Gasteiger partial charge in [0.1, 0.15) is 0 Å². The third kappa shape index (κ3) is 2.44. The van der Waals surface area contributed by atoms with Gasteiger partial charge in [0, 0.05) is 12.6 Å². The maximum atomic E-state index is 6.07. The first-order chi connectivity index (χ1) is 6.36. The monoisotopic (exact) mass is 182 g/mol. The molecule has 1 aliphatic carbocycles. The molecule has 1 saturated heterocycles. The van der Waals surface area contributed by atoms with E-state index in [-0.39, 0.29) is 0 Å². The van der Waals surface area contributed by atoms with E-state index < -0.39 is 0 Å². The summed E-state index contributed by atoms with van der Waals surface area (Å²) in [5, 5.41) is 0. The Hall–Kier alpha value is -0.0800. The zero-order valence-corrected chi connectivity index (χ0v) is 8.54. The largest absolute Gasteiger partial charge is 0.327 e. The van der Waals surface area contributed by atoms with Crippen molar-refractivity contribution in [3.63, 3.8) is 0 Å². The van der Waals surface area contributed by atoms with E-state index in [1.165, 1.54) is 58.2 Å². The molecule has 2 fully saturated rings. The number of hydrogen-bond donors (Lipinski definition) is 1. The average Bonchev–Trinajstić information content (AvgIpc) is 2.54. The molecule has 2 rings (SSSR count). The summed E-state index contributed by atoms with van der Waals surface area (Å²) in [7, 11) is 0. The number of rotatable bonds is 2. The van der Waals surface area contributed by atoms with Crippen molar-refractivity contribution in [2.24, 2.45) is 11.7 Å². The lowest BCUT2D eigenvalue weighted by Gasteiger charge is -2.30. The smallest absolute Gasteiger partial charge is 0.00793 e. The van der Waals surface area contributed by atoms with Crippen molar-refractivity contribution in [1.82, 2.24) is 4.90 Å². The molecule has 13 heavy (non-hydrogen) atoms. The Kier molecular flexibility index (Phi) is 3.23. The fourth-order valence-electron chi connectivity index (χ4n) is 2.77. The number of nitrogens with zero attached hydrogens (tertiary/aromatic N) is 1. The minimum atomic E-state index is 0.502. The van der Waals surface area contributed by atoms with Gasteiger partial charge in [-0.25, -0.2) is 0 Å². The molecule has 2 unspecified atom stereocenters. The van der Waals surface area contributed by atoms with Gasteiger partial charge in [-0.3, -0.25) is 0 Å². The van der Waals surface area contributed by atoms with E-state index in [4.69, 9.17) is 5.73 Å². The molecule has 0 aromatic carbocycles. The Morgan fingerprint density at radius 2 is 1.77 bits per heavy atom. The van der Waals surface area contributed by atoms with Crippen molar-refractivity contribution in [3.05, 3.63) is 0 Å². The fraction of sp³-hybridized carbons (Fsp3) is 1.00. The van der Waals surface area contributed by atoms with Gasteiger partial charge in [0.2, 0.25) is 0 Å². The molecule has 2 heteroatoms. The quantitative estimate of drug-likeness (QED) is 0.703. The number of piperidine rings is 1. The average molecular weight is 182 g/mol. The Bertz CT molecular complexity index is 152. The minimum absolute atomic E-state index is 0.502. The summed E-state index contributed by atoms with van der Waals surface area (Å²) >= 11 is 0. The molecule has 1 aliphatic heterocycles. The second kappa shape index (κ2) is 4.43. The summed E-state index contributed by atoms with van der Waals surface area (Å²) in [5.41, 5.74) is 6.07. The molecule has 2 N–H and O–H groups in total. The van der Waals surface area contributed by atoms with Gasteiger partial charge in [0.05, 0.1) is 0 Å². The van der Waals surface area contributed by atoms with Gasteiger partial charge in [-0.2, -0.15) is 0 Å². The Morgan fingerprint density at radius 3 is 2.38 bits per heavy atom. The third-order valence-electron chi connectivity index (χ3n) is 3.66. The normalized spacial score (nSPS) is 36.7. The zero-order chi connectivity index (χ0) is 9.10. The summed E-state index contributed by atoms with van der Waals surface area (Å²) in [4.78, 5) is 2.62. The Morgan fingerprint density at radius 1 is 1.00 bits per heavy atom. The molecular weight excluding hydrogens is 160 g/mol. The van der Waals surface area contributed by atoms with Crippen molar-refractivity contribution in [2.45, 2.75) is 44.6 Å². The second-order valence-electron chi connectivity index (χ2n) is 4.72. The zero-order valence-electron chi connectivity index (χ0n) is 8.54. The fourth-order valence-corrected chi connectivity index (χ4v) is 2.77. The van der Waals surface area contributed by atoms with Crippen LogP contribution in [-0.2, 0) is 0 Å². The molecule has 76 valence electrons. The van der Waals surface area contributed by atoms with Gasteiger partial charge in [-0.1, -0.05) is 12.8 Å². The van der Waals surface area contributed by atoms with E-state index in [2.05, 4.69) is 4.90 Å². The standard InChI is InChI=1S/C11H22N2/c12-11-6-4-5-10(11)9-13-7-2-1-3-8-13/h10-11H,1-9,12H2. The summed E-state index contributed by atoms with van der Waals surface area (Å²) in [6.45, 7) is 3.92. The SMILES string of the molecule is NC1CCCC1CN1CCCCC1. The van der Waals surface area contributed by atoms with Crippen LogP contribution in [0.25, 0.3) is 0 Å². The van der Waals surface area contributed by atoms with Crippen molar-refractivity contribution >= 4 is 0 Å². The first-order valence-corrected chi connectivity index (χ1v) is 5.84. The number of likely N-dealkylation sites (tertiary alicyclic amines) is 1. The minimum Gasteiger partial charge on any atom is -0.327 e. The molecular formula is C11H22N2. The highest BCUT2D eigenvalue weighted by atomic mass is 15.1. The van der Waals surface area contributed by atoms with Gasteiger partial charge in [0.15, 0.2) is 0 Å². The number of hydrogen-bond acceptors (Lipinski definition) is 2. The lowest BCUT2D eigenvalue weighted by molar-refractivity contribution is 0.190. The van der Waals surface area contributed by atoms with Gasteiger partial charge >= 0.3 is 0 Å². The topological polar surface area (TPSA) is 29.3 Å². The van der Waals surface area contributed by atoms with Crippen LogP contribution in [0.4, 0.5) is 0 Å². The van der Waals surface area contributed by atoms with Crippen LogP contribution in [-0.4, -0.2) is 30.6 Å². The molecule has 1 saturated carbocycles. The van der Waals surface area contributed by atoms with Crippen LogP contribution in [0.15, 0.2) is 0 Å². The van der Waals surface area contributed by atoms with Crippen molar-refractivity contribution in [1.29, 1.82) is 0 Å². The van der Waals surface area contributed by atoms with E-state index >= 15 is 0 Å². The predicted molar refractivity (Wildman–Crippen MR) is 55.6 cm³/mol. The molecule has 2 aliphatic rings. The van der Waals surface area contributed by atoms with Crippen LogP contribution >= 0.6 is 0 Å². The summed E-state index contributed by atoms with van der Waals surface area (Å²) in [6.07, 6.45) is 8.24. The van der Waals surface area contributed by atoms with E-state index in [9.17, 15) is 0 Å². The molecule has 2 nitrogen and oxygen atoms in total. The molecule has 0 radical (unpaired) electrons. The van der Waals surface area contributed by atoms with Crippen LogP contribution in [0, 0.1) is 5.92 Å². The molecule has 2 atom stereocenters. The van der Waals surface area contributed by atoms with Gasteiger partial charge < -0.3 is 10.6 Å². The highest BCUT2D eigenvalue weighted by Gasteiger charge is 2.26. The Labute approximate surface area is 81.5 Å². The molecule has 0 aromatic rings. The first kappa shape index (κ1) is 9.47. The predicted octanol–water partition coefficient (Wildman–Crippen LogP) is 1.60. The lowest BCUT2D eigenvalue weighted by Crippen LogP contribution is -2.38. The third-order valence-corrected chi connectivity index (χ3v) is 3.66. The maximum Gasteiger partial charge on any atom is 0.00793 e. The molecule has 0 aromatic heterocycles. The second-order valence-corrected chi connectivity index (χ2v) is 4.72. The molecule has 0 bridgehead atoms. The summed E-state index contributed by atoms with van der Waals surface area (Å²) in [6, 6.07) is 0.502. The molecule has 0 spiro atoms. The molecule has 0 amide bonds. The number of nitrogens with two attached hydrogens (primary N) is 1.